The Kier molecular flexibility index (Phi) is 3.12. The lowest BCUT2D eigenvalue weighted by atomic mass is 10.2. The summed E-state index contributed by atoms with van der Waals surface area (Å²) in [6, 6.07) is 13.9. The minimum absolute atomic E-state index is 0.413. The van der Waals surface area contributed by atoms with Crippen LogP contribution in [0.1, 0.15) is 5.56 Å². The van der Waals surface area contributed by atoms with Crippen LogP contribution in [0.4, 0.5) is 11.5 Å². The third kappa shape index (κ3) is 2.12. The molecule has 0 atom stereocenters. The monoisotopic (exact) mass is 282 g/mol. The van der Waals surface area contributed by atoms with E-state index in [-0.39, 0.29) is 0 Å². The summed E-state index contributed by atoms with van der Waals surface area (Å²) in [6.07, 6.45) is 3.74. The van der Waals surface area contributed by atoms with Crippen molar-refractivity contribution in [2.75, 3.05) is 11.9 Å². The van der Waals surface area contributed by atoms with E-state index in [1.165, 1.54) is 0 Å². The van der Waals surface area contributed by atoms with Crippen molar-refractivity contribution in [2.24, 2.45) is 5.73 Å². The van der Waals surface area contributed by atoms with Gasteiger partial charge in [0.2, 0.25) is 0 Å². The van der Waals surface area contributed by atoms with E-state index in [0.29, 0.717) is 4.99 Å². The Hall–Kier alpha value is -2.40. The summed E-state index contributed by atoms with van der Waals surface area (Å²) in [5, 5.41) is 0. The van der Waals surface area contributed by atoms with Crippen LogP contribution in [0.25, 0.3) is 5.65 Å². The first-order chi connectivity index (χ1) is 9.66. The van der Waals surface area contributed by atoms with Crippen LogP contribution in [0, 0.1) is 0 Å². The van der Waals surface area contributed by atoms with Crippen molar-refractivity contribution in [1.29, 1.82) is 0 Å². The van der Waals surface area contributed by atoms with Crippen molar-refractivity contribution in [3.63, 3.8) is 0 Å². The average Bonchev–Trinajstić information content (AvgIpc) is 2.95. The highest BCUT2D eigenvalue weighted by Crippen LogP contribution is 2.24. The van der Waals surface area contributed by atoms with Crippen LogP contribution in [0.2, 0.25) is 0 Å². The molecule has 100 valence electrons. The molecule has 0 aliphatic heterocycles. The highest BCUT2D eigenvalue weighted by molar-refractivity contribution is 7.80. The first-order valence-corrected chi connectivity index (χ1v) is 6.63. The minimum Gasteiger partial charge on any atom is -0.389 e. The predicted octanol–water partition coefficient (Wildman–Crippen LogP) is 2.74. The van der Waals surface area contributed by atoms with E-state index in [9.17, 15) is 0 Å². The molecule has 2 aromatic heterocycles. The Labute approximate surface area is 122 Å². The fourth-order valence-electron chi connectivity index (χ4n) is 2.19. The molecule has 3 rings (SSSR count). The van der Waals surface area contributed by atoms with Gasteiger partial charge in [-0.15, -0.1) is 0 Å². The zero-order valence-electron chi connectivity index (χ0n) is 11.0. The molecule has 0 saturated carbocycles. The van der Waals surface area contributed by atoms with Crippen LogP contribution in [0.3, 0.4) is 0 Å². The van der Waals surface area contributed by atoms with Crippen molar-refractivity contribution in [3.05, 3.63) is 60.4 Å². The molecule has 4 nitrogen and oxygen atoms in total. The van der Waals surface area contributed by atoms with E-state index in [2.05, 4.69) is 16.0 Å². The van der Waals surface area contributed by atoms with Crippen LogP contribution in [-0.2, 0) is 0 Å². The van der Waals surface area contributed by atoms with Gasteiger partial charge in [0, 0.05) is 30.7 Å². The van der Waals surface area contributed by atoms with Crippen molar-refractivity contribution >= 4 is 34.4 Å². The van der Waals surface area contributed by atoms with Crippen LogP contribution < -0.4 is 10.6 Å². The van der Waals surface area contributed by atoms with Gasteiger partial charge in [-0.25, -0.2) is 4.98 Å². The van der Waals surface area contributed by atoms with Crippen LogP contribution >= 0.6 is 12.2 Å². The average molecular weight is 282 g/mol. The molecular weight excluding hydrogens is 268 g/mol. The van der Waals surface area contributed by atoms with Crippen LogP contribution in [0.15, 0.2) is 54.9 Å². The van der Waals surface area contributed by atoms with Crippen LogP contribution in [-0.4, -0.2) is 21.4 Å². The zero-order chi connectivity index (χ0) is 14.1. The quantitative estimate of drug-likeness (QED) is 0.750. The number of imidazole rings is 1. The fourth-order valence-corrected chi connectivity index (χ4v) is 2.32. The van der Waals surface area contributed by atoms with Gasteiger partial charge >= 0.3 is 0 Å². The maximum absolute atomic E-state index is 5.62. The van der Waals surface area contributed by atoms with Gasteiger partial charge in [-0.3, -0.25) is 4.40 Å². The molecule has 0 fully saturated rings. The summed E-state index contributed by atoms with van der Waals surface area (Å²) < 4.78 is 2.04. The van der Waals surface area contributed by atoms with Crippen molar-refractivity contribution in [1.82, 2.24) is 9.38 Å². The molecule has 5 heteroatoms. The molecule has 0 radical (unpaired) electrons. The summed E-state index contributed by atoms with van der Waals surface area (Å²) in [5.41, 5.74) is 8.48. The number of anilines is 2. The molecule has 0 saturated heterocycles. The SMILES string of the molecule is CN(c1ccc(C(N)=S)cc1)c1cccc2nccn12. The van der Waals surface area contributed by atoms with Gasteiger partial charge in [0.1, 0.15) is 16.5 Å². The smallest absolute Gasteiger partial charge is 0.138 e. The van der Waals surface area contributed by atoms with Crippen molar-refractivity contribution < 1.29 is 0 Å². The summed E-state index contributed by atoms with van der Waals surface area (Å²) in [5.74, 6) is 1.04. The summed E-state index contributed by atoms with van der Waals surface area (Å²) >= 11 is 4.97. The van der Waals surface area contributed by atoms with Gasteiger partial charge in [-0.05, 0) is 36.4 Å². The molecule has 20 heavy (non-hydrogen) atoms. The van der Waals surface area contributed by atoms with Gasteiger partial charge < -0.3 is 10.6 Å². The van der Waals surface area contributed by atoms with E-state index < -0.39 is 0 Å². The maximum atomic E-state index is 5.62. The second-order valence-electron chi connectivity index (χ2n) is 4.51. The number of fused-ring (bicyclic) bond motifs is 1. The lowest BCUT2D eigenvalue weighted by Crippen LogP contribution is -2.14. The minimum atomic E-state index is 0.413. The Balaban J connectivity index is 2.01. The lowest BCUT2D eigenvalue weighted by Gasteiger charge is -2.21. The molecule has 2 N–H and O–H groups in total. The van der Waals surface area contributed by atoms with Gasteiger partial charge in [0.05, 0.1) is 0 Å². The third-order valence-corrected chi connectivity index (χ3v) is 3.53. The van der Waals surface area contributed by atoms with Gasteiger partial charge in [-0.1, -0.05) is 18.3 Å². The topological polar surface area (TPSA) is 46.6 Å². The number of hydrogen-bond donors (Lipinski definition) is 1. The summed E-state index contributed by atoms with van der Waals surface area (Å²) in [7, 11) is 2.02. The highest BCUT2D eigenvalue weighted by atomic mass is 32.1. The largest absolute Gasteiger partial charge is 0.389 e. The van der Waals surface area contributed by atoms with Gasteiger partial charge in [-0.2, -0.15) is 0 Å². The molecule has 0 aliphatic rings. The number of hydrogen-bond acceptors (Lipinski definition) is 3. The summed E-state index contributed by atoms with van der Waals surface area (Å²) in [4.78, 5) is 6.80. The number of rotatable bonds is 3. The second kappa shape index (κ2) is 4.94. The Morgan fingerprint density at radius 2 is 1.95 bits per heavy atom. The van der Waals surface area contributed by atoms with E-state index in [0.717, 1.165) is 22.7 Å². The second-order valence-corrected chi connectivity index (χ2v) is 4.95. The molecule has 0 unspecified atom stereocenters. The number of pyridine rings is 1. The fraction of sp³-hybridized carbons (Fsp3) is 0.0667. The normalized spacial score (nSPS) is 10.7. The van der Waals surface area contributed by atoms with E-state index >= 15 is 0 Å². The van der Waals surface area contributed by atoms with E-state index in [1.807, 2.05) is 54.0 Å². The predicted molar refractivity (Wildman–Crippen MR) is 85.6 cm³/mol. The summed E-state index contributed by atoms with van der Waals surface area (Å²) in [6.45, 7) is 0. The molecule has 0 bridgehead atoms. The number of nitrogens with zero attached hydrogens (tertiary/aromatic N) is 3. The third-order valence-electron chi connectivity index (χ3n) is 3.29. The van der Waals surface area contributed by atoms with Crippen molar-refractivity contribution in [2.45, 2.75) is 0 Å². The molecular formula is C15H14N4S. The number of nitrogens with two attached hydrogens (primary N) is 1. The number of thiocarbonyl (C=S) groups is 1. The molecule has 3 aromatic rings. The Morgan fingerprint density at radius 3 is 2.65 bits per heavy atom. The number of benzene rings is 1. The molecule has 0 amide bonds. The maximum Gasteiger partial charge on any atom is 0.138 e. The molecule has 0 aliphatic carbocycles. The molecule has 1 aromatic carbocycles. The van der Waals surface area contributed by atoms with E-state index in [4.69, 9.17) is 18.0 Å². The lowest BCUT2D eigenvalue weighted by molar-refractivity contribution is 1.07. The standard InChI is InChI=1S/C15H14N4S/c1-18(12-7-5-11(6-8-12)15(16)20)14-4-2-3-13-17-9-10-19(13)14/h2-10H,1H3,(H2,16,20). The van der Waals surface area contributed by atoms with Gasteiger partial charge in [0.15, 0.2) is 0 Å². The molecule has 0 spiro atoms. The van der Waals surface area contributed by atoms with Crippen LogP contribution in [0.5, 0.6) is 0 Å². The first kappa shape index (κ1) is 12.6. The Bertz CT molecular complexity index is 761. The number of aromatic nitrogens is 2. The van der Waals surface area contributed by atoms with E-state index in [1.54, 1.807) is 6.20 Å². The molecule has 2 heterocycles. The zero-order valence-corrected chi connectivity index (χ0v) is 11.8. The first-order valence-electron chi connectivity index (χ1n) is 6.22. The highest BCUT2D eigenvalue weighted by Gasteiger charge is 2.08. The Morgan fingerprint density at radius 1 is 1.20 bits per heavy atom. The van der Waals surface area contributed by atoms with Gasteiger partial charge in [0.25, 0.3) is 0 Å². The van der Waals surface area contributed by atoms with Crippen molar-refractivity contribution in [3.8, 4) is 0 Å².